The maximum atomic E-state index is 12.4. The van der Waals surface area contributed by atoms with Crippen molar-refractivity contribution in [3.05, 3.63) is 46.4 Å². The van der Waals surface area contributed by atoms with E-state index in [2.05, 4.69) is 17.1 Å². The summed E-state index contributed by atoms with van der Waals surface area (Å²) in [5, 5.41) is 7.16. The van der Waals surface area contributed by atoms with Crippen LogP contribution in [-0.2, 0) is 17.8 Å². The van der Waals surface area contributed by atoms with E-state index in [-0.39, 0.29) is 11.6 Å². The molecular weight excluding hydrogens is 336 g/mol. The molecule has 6 nitrogen and oxygen atoms in total. The van der Waals surface area contributed by atoms with Crippen LogP contribution in [0.15, 0.2) is 40.3 Å². The van der Waals surface area contributed by atoms with Crippen molar-refractivity contribution < 1.29 is 4.79 Å². The number of rotatable bonds is 6. The number of amides is 1. The van der Waals surface area contributed by atoms with Gasteiger partial charge in [-0.05, 0) is 30.7 Å². The average molecular weight is 360 g/mol. The molecule has 1 atom stereocenters. The fourth-order valence-electron chi connectivity index (χ4n) is 3.13. The molecule has 0 saturated carbocycles. The molecule has 1 saturated heterocycles. The van der Waals surface area contributed by atoms with Gasteiger partial charge in [-0.2, -0.15) is 0 Å². The molecule has 1 aromatic heterocycles. The lowest BCUT2D eigenvalue weighted by molar-refractivity contribution is -0.130. The van der Waals surface area contributed by atoms with Crippen molar-refractivity contribution >= 4 is 17.7 Å². The van der Waals surface area contributed by atoms with Crippen LogP contribution in [0.5, 0.6) is 0 Å². The maximum absolute atomic E-state index is 12.4. The smallest absolute Gasteiger partial charge is 0.342 e. The van der Waals surface area contributed by atoms with Crippen molar-refractivity contribution in [2.24, 2.45) is 5.92 Å². The summed E-state index contributed by atoms with van der Waals surface area (Å²) in [5.74, 6) is 1.02. The molecule has 1 aliphatic rings. The maximum Gasteiger partial charge on any atom is 0.343 e. The standard InChI is InChI=1S/C18H24N4O2S/c1-14-6-5-10-21(12-14)16(23)13-25-18-20-19-17(24)22(18)11-9-15-7-3-2-4-8-15/h2-4,7-8,14H,5-6,9-13H2,1H3,(H,19,24)/t14-/m0/s1. The third kappa shape index (κ3) is 4.75. The van der Waals surface area contributed by atoms with Crippen molar-refractivity contribution in [2.45, 2.75) is 37.9 Å². The van der Waals surface area contributed by atoms with Gasteiger partial charge in [0.25, 0.3) is 0 Å². The molecule has 2 aromatic rings. The summed E-state index contributed by atoms with van der Waals surface area (Å²) < 4.78 is 1.61. The highest BCUT2D eigenvalue weighted by Crippen LogP contribution is 2.19. The first kappa shape index (κ1) is 17.8. The lowest BCUT2D eigenvalue weighted by Crippen LogP contribution is -2.40. The van der Waals surface area contributed by atoms with Crippen LogP contribution in [0.2, 0.25) is 0 Å². The van der Waals surface area contributed by atoms with Crippen LogP contribution in [0.4, 0.5) is 0 Å². The molecule has 1 aliphatic heterocycles. The number of aromatic nitrogens is 3. The highest BCUT2D eigenvalue weighted by atomic mass is 32.2. The Morgan fingerprint density at radius 1 is 1.36 bits per heavy atom. The summed E-state index contributed by atoms with van der Waals surface area (Å²) in [6.45, 7) is 4.41. The SMILES string of the molecule is C[C@H]1CCCN(C(=O)CSc2n[nH]c(=O)n2CCc2ccccc2)C1. The van der Waals surface area contributed by atoms with Gasteiger partial charge in [-0.1, -0.05) is 49.0 Å². The normalized spacial score (nSPS) is 17.6. The molecule has 2 heterocycles. The van der Waals surface area contributed by atoms with Crippen LogP contribution >= 0.6 is 11.8 Å². The molecule has 1 N–H and O–H groups in total. The van der Waals surface area contributed by atoms with E-state index in [1.807, 2.05) is 35.2 Å². The van der Waals surface area contributed by atoms with Crippen molar-refractivity contribution in [1.82, 2.24) is 19.7 Å². The van der Waals surface area contributed by atoms with Crippen molar-refractivity contribution in [3.63, 3.8) is 0 Å². The van der Waals surface area contributed by atoms with E-state index < -0.39 is 0 Å². The van der Waals surface area contributed by atoms with Gasteiger partial charge in [0.1, 0.15) is 0 Å². The number of carbonyl (C=O) groups is 1. The summed E-state index contributed by atoms with van der Waals surface area (Å²) in [6, 6.07) is 10.0. The van der Waals surface area contributed by atoms with E-state index in [9.17, 15) is 9.59 Å². The summed E-state index contributed by atoms with van der Waals surface area (Å²) >= 11 is 1.34. The first-order valence-electron chi connectivity index (χ1n) is 8.73. The quantitative estimate of drug-likeness (QED) is 0.802. The van der Waals surface area contributed by atoms with Gasteiger partial charge in [-0.3, -0.25) is 9.36 Å². The van der Waals surface area contributed by atoms with Gasteiger partial charge in [0.15, 0.2) is 5.16 Å². The molecule has 134 valence electrons. The van der Waals surface area contributed by atoms with Crippen LogP contribution in [0.1, 0.15) is 25.3 Å². The number of H-pyrrole nitrogens is 1. The first-order chi connectivity index (χ1) is 12.1. The molecule has 3 rings (SSSR count). The minimum absolute atomic E-state index is 0.126. The topological polar surface area (TPSA) is 71.0 Å². The number of hydrogen-bond acceptors (Lipinski definition) is 4. The Bertz CT molecular complexity index is 756. The number of carbonyl (C=O) groups excluding carboxylic acids is 1. The lowest BCUT2D eigenvalue weighted by atomic mass is 10.0. The number of likely N-dealkylation sites (tertiary alicyclic amines) is 1. The molecule has 25 heavy (non-hydrogen) atoms. The van der Waals surface area contributed by atoms with E-state index in [0.29, 0.717) is 23.4 Å². The summed E-state index contributed by atoms with van der Waals surface area (Å²) in [4.78, 5) is 26.3. The Balaban J connectivity index is 1.57. The molecule has 1 aromatic carbocycles. The Hall–Kier alpha value is -2.02. The van der Waals surface area contributed by atoms with E-state index in [0.717, 1.165) is 25.9 Å². The molecular formula is C18H24N4O2S. The number of nitrogens with one attached hydrogen (secondary N) is 1. The van der Waals surface area contributed by atoms with Crippen LogP contribution in [-0.4, -0.2) is 44.4 Å². The molecule has 1 fully saturated rings. The second-order valence-corrected chi connectivity index (χ2v) is 7.52. The Morgan fingerprint density at radius 3 is 2.92 bits per heavy atom. The fraction of sp³-hybridized carbons (Fsp3) is 0.500. The van der Waals surface area contributed by atoms with Gasteiger partial charge in [-0.25, -0.2) is 9.89 Å². The summed E-state index contributed by atoms with van der Waals surface area (Å²) in [7, 11) is 0. The number of aryl methyl sites for hydroxylation is 1. The number of hydrogen-bond donors (Lipinski definition) is 1. The Kier molecular flexibility index (Phi) is 5.96. The molecule has 0 spiro atoms. The fourth-order valence-corrected chi connectivity index (χ4v) is 4.01. The van der Waals surface area contributed by atoms with E-state index in [1.165, 1.54) is 23.7 Å². The predicted octanol–water partition coefficient (Wildman–Crippen LogP) is 2.16. The number of aromatic amines is 1. The van der Waals surface area contributed by atoms with Crippen LogP contribution in [0.3, 0.4) is 0 Å². The van der Waals surface area contributed by atoms with Gasteiger partial charge < -0.3 is 4.90 Å². The second kappa shape index (κ2) is 8.38. The van der Waals surface area contributed by atoms with Gasteiger partial charge in [0.2, 0.25) is 5.91 Å². The molecule has 1 amide bonds. The Morgan fingerprint density at radius 2 is 2.16 bits per heavy atom. The van der Waals surface area contributed by atoms with Crippen LogP contribution in [0.25, 0.3) is 0 Å². The second-order valence-electron chi connectivity index (χ2n) is 6.57. The zero-order valence-electron chi connectivity index (χ0n) is 14.5. The lowest BCUT2D eigenvalue weighted by Gasteiger charge is -2.30. The summed E-state index contributed by atoms with van der Waals surface area (Å²) in [5.41, 5.74) is 0.947. The molecule has 0 unspecified atom stereocenters. The minimum atomic E-state index is -0.225. The zero-order chi connectivity index (χ0) is 17.6. The Labute approximate surface area is 151 Å². The number of nitrogens with zero attached hydrogens (tertiary/aromatic N) is 3. The number of benzene rings is 1. The van der Waals surface area contributed by atoms with E-state index >= 15 is 0 Å². The molecule has 0 radical (unpaired) electrons. The number of thioether (sulfide) groups is 1. The van der Waals surface area contributed by atoms with Gasteiger partial charge in [0.05, 0.1) is 5.75 Å². The van der Waals surface area contributed by atoms with Crippen LogP contribution in [0, 0.1) is 5.92 Å². The number of piperidine rings is 1. The predicted molar refractivity (Wildman–Crippen MR) is 98.7 cm³/mol. The van der Waals surface area contributed by atoms with E-state index in [4.69, 9.17) is 0 Å². The van der Waals surface area contributed by atoms with Crippen LogP contribution < -0.4 is 5.69 Å². The third-order valence-electron chi connectivity index (χ3n) is 4.52. The minimum Gasteiger partial charge on any atom is -0.342 e. The van der Waals surface area contributed by atoms with E-state index in [1.54, 1.807) is 4.57 Å². The van der Waals surface area contributed by atoms with Gasteiger partial charge in [-0.15, -0.1) is 5.10 Å². The third-order valence-corrected chi connectivity index (χ3v) is 5.49. The van der Waals surface area contributed by atoms with Gasteiger partial charge >= 0.3 is 5.69 Å². The van der Waals surface area contributed by atoms with Crippen molar-refractivity contribution in [2.75, 3.05) is 18.8 Å². The first-order valence-corrected chi connectivity index (χ1v) is 9.72. The highest BCUT2D eigenvalue weighted by Gasteiger charge is 2.21. The molecule has 0 bridgehead atoms. The molecule has 0 aliphatic carbocycles. The van der Waals surface area contributed by atoms with Crippen molar-refractivity contribution in [3.8, 4) is 0 Å². The average Bonchev–Trinajstić information content (AvgIpc) is 2.98. The largest absolute Gasteiger partial charge is 0.343 e. The monoisotopic (exact) mass is 360 g/mol. The molecule has 7 heteroatoms. The highest BCUT2D eigenvalue weighted by molar-refractivity contribution is 7.99. The summed E-state index contributed by atoms with van der Waals surface area (Å²) in [6.07, 6.45) is 3.02. The van der Waals surface area contributed by atoms with Gasteiger partial charge in [0, 0.05) is 19.6 Å². The van der Waals surface area contributed by atoms with Crippen molar-refractivity contribution in [1.29, 1.82) is 0 Å². The zero-order valence-corrected chi connectivity index (χ0v) is 15.3.